The van der Waals surface area contributed by atoms with Crippen LogP contribution in [0.25, 0.3) is 5.65 Å². The molecule has 94 valence electrons. The maximum Gasteiger partial charge on any atom is 0.355 e. The van der Waals surface area contributed by atoms with Crippen LogP contribution in [0.5, 0.6) is 0 Å². The van der Waals surface area contributed by atoms with Gasteiger partial charge in [-0.25, -0.2) is 9.78 Å². The quantitative estimate of drug-likeness (QED) is 0.843. The molecule has 0 aliphatic carbocycles. The first-order valence-corrected chi connectivity index (χ1v) is 4.51. The van der Waals surface area contributed by atoms with Crippen molar-refractivity contribution in [3.8, 4) is 0 Å². The molecule has 17 heavy (non-hydrogen) atoms. The molecule has 2 heterocycles. The maximum absolute atomic E-state index is 11.4. The number of hydrogen-bond donors (Lipinski definition) is 1. The van der Waals surface area contributed by atoms with Crippen molar-refractivity contribution in [3.05, 3.63) is 35.8 Å². The van der Waals surface area contributed by atoms with Crippen molar-refractivity contribution in [1.29, 1.82) is 0 Å². The van der Waals surface area contributed by atoms with E-state index in [1.54, 1.807) is 22.7 Å². The predicted octanol–water partition coefficient (Wildman–Crippen LogP) is 1.42. The number of halogens is 2. The molecular formula is C10H13Cl2N3O2. The lowest BCUT2D eigenvalue weighted by Gasteiger charge is -2.01. The first-order valence-electron chi connectivity index (χ1n) is 4.51. The number of imidazole rings is 1. The number of pyridine rings is 1. The van der Waals surface area contributed by atoms with Gasteiger partial charge < -0.3 is 10.5 Å². The smallest absolute Gasteiger partial charge is 0.355 e. The summed E-state index contributed by atoms with van der Waals surface area (Å²) >= 11 is 0. The Morgan fingerprint density at radius 2 is 2.18 bits per heavy atom. The van der Waals surface area contributed by atoms with Crippen LogP contribution < -0.4 is 5.73 Å². The van der Waals surface area contributed by atoms with Crippen molar-refractivity contribution >= 4 is 36.4 Å². The number of carbonyl (C=O) groups is 1. The number of nitrogens with zero attached hydrogens (tertiary/aromatic N) is 2. The number of aromatic nitrogens is 2. The van der Waals surface area contributed by atoms with Crippen LogP contribution >= 0.6 is 24.8 Å². The second kappa shape index (κ2) is 6.44. The summed E-state index contributed by atoms with van der Waals surface area (Å²) in [4.78, 5) is 15.7. The van der Waals surface area contributed by atoms with Gasteiger partial charge in [0.2, 0.25) is 0 Å². The second-order valence-electron chi connectivity index (χ2n) is 3.07. The summed E-state index contributed by atoms with van der Waals surface area (Å²) in [6.07, 6.45) is 1.74. The molecule has 0 amide bonds. The molecule has 5 nitrogen and oxygen atoms in total. The van der Waals surface area contributed by atoms with Crippen molar-refractivity contribution in [1.82, 2.24) is 9.38 Å². The van der Waals surface area contributed by atoms with Gasteiger partial charge in [0.1, 0.15) is 11.3 Å². The summed E-state index contributed by atoms with van der Waals surface area (Å²) in [6.45, 7) is 0.349. The van der Waals surface area contributed by atoms with E-state index in [-0.39, 0.29) is 30.8 Å². The second-order valence-corrected chi connectivity index (χ2v) is 3.07. The van der Waals surface area contributed by atoms with Crippen LogP contribution in [0.2, 0.25) is 0 Å². The van der Waals surface area contributed by atoms with Gasteiger partial charge >= 0.3 is 5.97 Å². The van der Waals surface area contributed by atoms with Gasteiger partial charge in [-0.2, -0.15) is 0 Å². The zero-order valence-corrected chi connectivity index (χ0v) is 10.8. The Morgan fingerprint density at radius 3 is 2.76 bits per heavy atom. The third kappa shape index (κ3) is 2.88. The van der Waals surface area contributed by atoms with E-state index in [0.717, 1.165) is 5.69 Å². The van der Waals surface area contributed by atoms with Gasteiger partial charge in [-0.05, 0) is 12.1 Å². The minimum absolute atomic E-state index is 0. The summed E-state index contributed by atoms with van der Waals surface area (Å²) in [6, 6.07) is 5.25. The lowest BCUT2D eigenvalue weighted by atomic mass is 10.3. The van der Waals surface area contributed by atoms with E-state index >= 15 is 0 Å². The molecule has 2 aromatic heterocycles. The Balaban J connectivity index is 0.00000128. The van der Waals surface area contributed by atoms with Crippen molar-refractivity contribution in [2.45, 2.75) is 6.54 Å². The van der Waals surface area contributed by atoms with E-state index in [4.69, 9.17) is 5.73 Å². The molecule has 0 radical (unpaired) electrons. The van der Waals surface area contributed by atoms with E-state index in [0.29, 0.717) is 17.9 Å². The fourth-order valence-corrected chi connectivity index (χ4v) is 1.43. The van der Waals surface area contributed by atoms with Crippen LogP contribution in [0.4, 0.5) is 0 Å². The molecule has 0 bridgehead atoms. The SMILES string of the molecule is COC(=O)c1cccc2nc(CN)cn12.Cl.Cl. The van der Waals surface area contributed by atoms with Crippen molar-refractivity contribution in [3.63, 3.8) is 0 Å². The third-order valence-electron chi connectivity index (χ3n) is 2.15. The Bertz CT molecular complexity index is 513. The number of nitrogens with two attached hydrogens (primary N) is 1. The lowest BCUT2D eigenvalue weighted by molar-refractivity contribution is 0.0592. The van der Waals surface area contributed by atoms with Gasteiger partial charge in [0, 0.05) is 12.7 Å². The molecule has 7 heteroatoms. The zero-order valence-electron chi connectivity index (χ0n) is 9.12. The highest BCUT2D eigenvalue weighted by molar-refractivity contribution is 5.88. The highest BCUT2D eigenvalue weighted by atomic mass is 35.5. The molecule has 2 N–H and O–H groups in total. The summed E-state index contributed by atoms with van der Waals surface area (Å²) in [7, 11) is 1.35. The number of hydrogen-bond acceptors (Lipinski definition) is 4. The molecule has 2 rings (SSSR count). The molecule has 0 aromatic carbocycles. The Morgan fingerprint density at radius 1 is 1.47 bits per heavy atom. The summed E-state index contributed by atoms with van der Waals surface area (Å²) in [5, 5.41) is 0. The fourth-order valence-electron chi connectivity index (χ4n) is 1.43. The number of ether oxygens (including phenoxy) is 1. The third-order valence-corrected chi connectivity index (χ3v) is 2.15. The minimum Gasteiger partial charge on any atom is -0.464 e. The largest absolute Gasteiger partial charge is 0.464 e. The highest BCUT2D eigenvalue weighted by Gasteiger charge is 2.10. The Hall–Kier alpha value is -1.30. The predicted molar refractivity (Wildman–Crippen MR) is 68.9 cm³/mol. The zero-order chi connectivity index (χ0) is 10.8. The van der Waals surface area contributed by atoms with Gasteiger partial charge in [0.05, 0.1) is 12.8 Å². The fraction of sp³-hybridized carbons (Fsp3) is 0.200. The van der Waals surface area contributed by atoms with E-state index in [2.05, 4.69) is 9.72 Å². The molecule has 0 aliphatic heterocycles. The van der Waals surface area contributed by atoms with Crippen LogP contribution in [0.3, 0.4) is 0 Å². The van der Waals surface area contributed by atoms with Gasteiger partial charge in [-0.15, -0.1) is 24.8 Å². The van der Waals surface area contributed by atoms with E-state index in [1.165, 1.54) is 7.11 Å². The molecule has 0 fully saturated rings. The van der Waals surface area contributed by atoms with Gasteiger partial charge in [-0.1, -0.05) is 6.07 Å². The summed E-state index contributed by atoms with van der Waals surface area (Å²) in [5.41, 5.74) is 7.36. The number of carbonyl (C=O) groups excluding carboxylic acids is 1. The first-order chi connectivity index (χ1) is 7.26. The minimum atomic E-state index is -0.387. The molecule has 0 saturated heterocycles. The van der Waals surface area contributed by atoms with E-state index < -0.39 is 0 Å². The van der Waals surface area contributed by atoms with Crippen LogP contribution in [0.1, 0.15) is 16.2 Å². The van der Waals surface area contributed by atoms with Crippen LogP contribution in [-0.4, -0.2) is 22.5 Å². The standard InChI is InChI=1S/C10H11N3O2.2ClH/c1-15-10(14)8-3-2-4-9-12-7(5-11)6-13(8)9;;/h2-4,6H,5,11H2,1H3;2*1H. The van der Waals surface area contributed by atoms with Gasteiger partial charge in [-0.3, -0.25) is 4.40 Å². The molecular weight excluding hydrogens is 265 g/mol. The van der Waals surface area contributed by atoms with E-state index in [1.807, 2.05) is 6.07 Å². The Labute approximate surface area is 111 Å². The molecule has 0 aliphatic rings. The topological polar surface area (TPSA) is 69.6 Å². The molecule has 0 saturated carbocycles. The first kappa shape index (κ1) is 15.7. The van der Waals surface area contributed by atoms with Crippen LogP contribution in [0.15, 0.2) is 24.4 Å². The van der Waals surface area contributed by atoms with Gasteiger partial charge in [0.25, 0.3) is 0 Å². The Kier molecular flexibility index (Phi) is 5.95. The summed E-state index contributed by atoms with van der Waals surface area (Å²) in [5.74, 6) is -0.387. The number of methoxy groups -OCH3 is 1. The monoisotopic (exact) mass is 277 g/mol. The molecule has 0 atom stereocenters. The number of rotatable bonds is 2. The highest BCUT2D eigenvalue weighted by Crippen LogP contribution is 2.09. The van der Waals surface area contributed by atoms with Crippen molar-refractivity contribution < 1.29 is 9.53 Å². The maximum atomic E-state index is 11.4. The van der Waals surface area contributed by atoms with Crippen LogP contribution in [0, 0.1) is 0 Å². The number of esters is 1. The van der Waals surface area contributed by atoms with Crippen molar-refractivity contribution in [2.75, 3.05) is 7.11 Å². The van der Waals surface area contributed by atoms with Crippen molar-refractivity contribution in [2.24, 2.45) is 5.73 Å². The average Bonchev–Trinajstić information content (AvgIpc) is 2.70. The average molecular weight is 278 g/mol. The molecule has 0 spiro atoms. The normalized spacial score (nSPS) is 9.29. The van der Waals surface area contributed by atoms with Gasteiger partial charge in [0.15, 0.2) is 0 Å². The summed E-state index contributed by atoms with van der Waals surface area (Å²) < 4.78 is 6.34. The molecule has 0 unspecified atom stereocenters. The van der Waals surface area contributed by atoms with E-state index in [9.17, 15) is 4.79 Å². The molecule has 2 aromatic rings. The lowest BCUT2D eigenvalue weighted by Crippen LogP contribution is -2.07. The number of fused-ring (bicyclic) bond motifs is 1. The van der Waals surface area contributed by atoms with Crippen LogP contribution in [-0.2, 0) is 11.3 Å².